The van der Waals surface area contributed by atoms with Crippen LogP contribution >= 0.6 is 0 Å². The molecule has 0 amide bonds. The van der Waals surface area contributed by atoms with Gasteiger partial charge in [-0.15, -0.1) is 0 Å². The Hall–Kier alpha value is -1.81. The standard InChI is InChI=1S/C12H14N4/c1-2-10-8-14-4-3-11(10)12-15-6-9(5-13)7-16-12/h3-4,6-8H,2,5,13H2,1H3. The average molecular weight is 214 g/mol. The Morgan fingerprint density at radius 1 is 1.19 bits per heavy atom. The number of nitrogens with zero attached hydrogens (tertiary/aromatic N) is 3. The Balaban J connectivity index is 2.42. The summed E-state index contributed by atoms with van der Waals surface area (Å²) in [4.78, 5) is 12.7. The van der Waals surface area contributed by atoms with Gasteiger partial charge < -0.3 is 5.73 Å². The van der Waals surface area contributed by atoms with Crippen LogP contribution in [-0.2, 0) is 13.0 Å². The van der Waals surface area contributed by atoms with Gasteiger partial charge >= 0.3 is 0 Å². The first-order valence-electron chi connectivity index (χ1n) is 5.29. The molecule has 4 nitrogen and oxygen atoms in total. The van der Waals surface area contributed by atoms with Gasteiger partial charge in [0, 0.05) is 42.5 Å². The number of rotatable bonds is 3. The summed E-state index contributed by atoms with van der Waals surface area (Å²) >= 11 is 0. The second-order valence-electron chi connectivity index (χ2n) is 3.51. The van der Waals surface area contributed by atoms with Crippen molar-refractivity contribution in [2.24, 2.45) is 5.73 Å². The molecule has 0 aliphatic rings. The molecule has 0 aromatic carbocycles. The monoisotopic (exact) mass is 214 g/mol. The fourth-order valence-corrected chi connectivity index (χ4v) is 1.53. The van der Waals surface area contributed by atoms with Crippen molar-refractivity contribution in [3.05, 3.63) is 42.0 Å². The minimum absolute atomic E-state index is 0.470. The first-order valence-corrected chi connectivity index (χ1v) is 5.29. The van der Waals surface area contributed by atoms with E-state index in [9.17, 15) is 0 Å². The quantitative estimate of drug-likeness (QED) is 0.842. The molecule has 0 saturated heterocycles. The van der Waals surface area contributed by atoms with Crippen LogP contribution in [0.4, 0.5) is 0 Å². The van der Waals surface area contributed by atoms with Crippen molar-refractivity contribution in [2.75, 3.05) is 0 Å². The maximum Gasteiger partial charge on any atom is 0.159 e. The van der Waals surface area contributed by atoms with Crippen LogP contribution in [0.15, 0.2) is 30.9 Å². The molecule has 4 heteroatoms. The van der Waals surface area contributed by atoms with E-state index >= 15 is 0 Å². The fraction of sp³-hybridized carbons (Fsp3) is 0.250. The minimum Gasteiger partial charge on any atom is -0.326 e. The maximum atomic E-state index is 5.50. The Bertz CT molecular complexity index is 465. The van der Waals surface area contributed by atoms with E-state index in [0.29, 0.717) is 6.54 Å². The van der Waals surface area contributed by atoms with Gasteiger partial charge in [-0.25, -0.2) is 9.97 Å². The van der Waals surface area contributed by atoms with Crippen molar-refractivity contribution < 1.29 is 0 Å². The molecule has 2 rings (SSSR count). The third kappa shape index (κ3) is 2.06. The smallest absolute Gasteiger partial charge is 0.159 e. The van der Waals surface area contributed by atoms with Crippen molar-refractivity contribution in [2.45, 2.75) is 19.9 Å². The van der Waals surface area contributed by atoms with Crippen molar-refractivity contribution in [1.82, 2.24) is 15.0 Å². The highest BCUT2D eigenvalue weighted by Crippen LogP contribution is 2.18. The molecule has 82 valence electrons. The SMILES string of the molecule is CCc1cnccc1-c1ncc(CN)cn1. The molecule has 0 saturated carbocycles. The molecule has 0 aliphatic heterocycles. The zero-order valence-corrected chi connectivity index (χ0v) is 9.22. The molecule has 2 heterocycles. The normalized spacial score (nSPS) is 10.4. The molecule has 16 heavy (non-hydrogen) atoms. The summed E-state index contributed by atoms with van der Waals surface area (Å²) in [5.41, 5.74) is 8.64. The highest BCUT2D eigenvalue weighted by molar-refractivity contribution is 5.58. The molecule has 2 N–H and O–H groups in total. The largest absolute Gasteiger partial charge is 0.326 e. The van der Waals surface area contributed by atoms with Gasteiger partial charge in [0.15, 0.2) is 5.82 Å². The van der Waals surface area contributed by atoms with Crippen molar-refractivity contribution in [1.29, 1.82) is 0 Å². The molecule has 0 bridgehead atoms. The summed E-state index contributed by atoms with van der Waals surface area (Å²) in [7, 11) is 0. The molecule has 0 fully saturated rings. The van der Waals surface area contributed by atoms with E-state index in [1.807, 2.05) is 12.3 Å². The van der Waals surface area contributed by atoms with Crippen LogP contribution in [0.2, 0.25) is 0 Å². The van der Waals surface area contributed by atoms with E-state index in [0.717, 1.165) is 28.9 Å². The van der Waals surface area contributed by atoms with Gasteiger partial charge in [0.25, 0.3) is 0 Å². The molecule has 2 aromatic heterocycles. The van der Waals surface area contributed by atoms with E-state index in [4.69, 9.17) is 5.73 Å². The Morgan fingerprint density at radius 2 is 1.94 bits per heavy atom. The van der Waals surface area contributed by atoms with E-state index < -0.39 is 0 Å². The van der Waals surface area contributed by atoms with E-state index in [1.165, 1.54) is 0 Å². The number of pyridine rings is 1. The molecule has 0 aliphatic carbocycles. The van der Waals surface area contributed by atoms with Gasteiger partial charge in [0.1, 0.15) is 0 Å². The third-order valence-corrected chi connectivity index (χ3v) is 2.47. The van der Waals surface area contributed by atoms with E-state index in [2.05, 4.69) is 21.9 Å². The van der Waals surface area contributed by atoms with Gasteiger partial charge in [-0.1, -0.05) is 6.92 Å². The molecule has 0 radical (unpaired) electrons. The minimum atomic E-state index is 0.470. The fourth-order valence-electron chi connectivity index (χ4n) is 1.53. The molecule has 0 spiro atoms. The van der Waals surface area contributed by atoms with Crippen LogP contribution < -0.4 is 5.73 Å². The lowest BCUT2D eigenvalue weighted by atomic mass is 10.1. The number of hydrogen-bond donors (Lipinski definition) is 1. The molecular weight excluding hydrogens is 200 g/mol. The maximum absolute atomic E-state index is 5.50. The third-order valence-electron chi connectivity index (χ3n) is 2.47. The lowest BCUT2D eigenvalue weighted by Crippen LogP contribution is -2.00. The van der Waals surface area contributed by atoms with Gasteiger partial charge in [-0.3, -0.25) is 4.98 Å². The molecule has 2 aromatic rings. The number of hydrogen-bond acceptors (Lipinski definition) is 4. The summed E-state index contributed by atoms with van der Waals surface area (Å²) in [6.45, 7) is 2.56. The van der Waals surface area contributed by atoms with Gasteiger partial charge in [0.05, 0.1) is 0 Å². The van der Waals surface area contributed by atoms with Crippen LogP contribution in [0.5, 0.6) is 0 Å². The van der Waals surface area contributed by atoms with Crippen LogP contribution in [-0.4, -0.2) is 15.0 Å². The van der Waals surface area contributed by atoms with Crippen molar-refractivity contribution >= 4 is 0 Å². The van der Waals surface area contributed by atoms with E-state index in [1.54, 1.807) is 18.6 Å². The highest BCUT2D eigenvalue weighted by Gasteiger charge is 2.05. The Morgan fingerprint density at radius 3 is 2.56 bits per heavy atom. The second kappa shape index (κ2) is 4.81. The predicted molar refractivity (Wildman–Crippen MR) is 62.5 cm³/mol. The summed E-state index contributed by atoms with van der Waals surface area (Å²) in [5, 5.41) is 0. The topological polar surface area (TPSA) is 64.7 Å². The summed E-state index contributed by atoms with van der Waals surface area (Å²) in [5.74, 6) is 0.733. The predicted octanol–water partition coefficient (Wildman–Crippen LogP) is 1.56. The van der Waals surface area contributed by atoms with Crippen LogP contribution in [0.1, 0.15) is 18.1 Å². The first-order chi connectivity index (χ1) is 7.85. The lowest BCUT2D eigenvalue weighted by molar-refractivity contribution is 1.01. The first kappa shape index (κ1) is 10.7. The Kier molecular flexibility index (Phi) is 3.22. The zero-order chi connectivity index (χ0) is 11.4. The van der Waals surface area contributed by atoms with Crippen molar-refractivity contribution in [3.63, 3.8) is 0 Å². The molecule has 0 unspecified atom stereocenters. The second-order valence-corrected chi connectivity index (χ2v) is 3.51. The molecule has 0 atom stereocenters. The Labute approximate surface area is 94.6 Å². The van der Waals surface area contributed by atoms with Crippen LogP contribution in [0, 0.1) is 0 Å². The van der Waals surface area contributed by atoms with Gasteiger partial charge in [-0.2, -0.15) is 0 Å². The number of aryl methyl sites for hydroxylation is 1. The lowest BCUT2D eigenvalue weighted by Gasteiger charge is -2.05. The zero-order valence-electron chi connectivity index (χ0n) is 9.22. The van der Waals surface area contributed by atoms with E-state index in [-0.39, 0.29) is 0 Å². The van der Waals surface area contributed by atoms with Crippen molar-refractivity contribution in [3.8, 4) is 11.4 Å². The summed E-state index contributed by atoms with van der Waals surface area (Å²) in [6.07, 6.45) is 8.07. The van der Waals surface area contributed by atoms with Gasteiger partial charge in [0.2, 0.25) is 0 Å². The summed E-state index contributed by atoms with van der Waals surface area (Å²) < 4.78 is 0. The molecular formula is C12H14N4. The number of aromatic nitrogens is 3. The van der Waals surface area contributed by atoms with Crippen LogP contribution in [0.3, 0.4) is 0 Å². The van der Waals surface area contributed by atoms with Crippen LogP contribution in [0.25, 0.3) is 11.4 Å². The average Bonchev–Trinajstić information content (AvgIpc) is 2.39. The van der Waals surface area contributed by atoms with Gasteiger partial charge in [-0.05, 0) is 18.1 Å². The summed E-state index contributed by atoms with van der Waals surface area (Å²) in [6, 6.07) is 1.94. The number of nitrogens with two attached hydrogens (primary N) is 1. The highest BCUT2D eigenvalue weighted by atomic mass is 14.9.